The molecule has 2 aromatic carbocycles. The lowest BCUT2D eigenvalue weighted by Crippen LogP contribution is -2.33. The summed E-state index contributed by atoms with van der Waals surface area (Å²) in [5, 5.41) is 8.06. The number of hydrogen-bond donors (Lipinski definition) is 12. The minimum Gasteiger partial charge on any atom is -0.394 e. The first-order chi connectivity index (χ1) is 44.3. The molecule has 25 heteroatoms. The Kier molecular flexibility index (Phi) is 689. The average Bonchev–Trinajstić information content (AvgIpc) is 3.67. The first kappa shape index (κ1) is 198. The molecule has 0 atom stereocenters. The van der Waals surface area contributed by atoms with E-state index in [0.717, 1.165) is 55.5 Å². The quantitative estimate of drug-likeness (QED) is 0.122. The van der Waals surface area contributed by atoms with Crippen molar-refractivity contribution < 1.29 is 62.6 Å². The van der Waals surface area contributed by atoms with Gasteiger partial charge in [0.1, 0.15) is 74.7 Å². The maximum Gasteiger partial charge on any atom is 0.219 e. The van der Waals surface area contributed by atoms with Gasteiger partial charge < -0.3 is 128 Å². The normalized spacial score (nSPS) is 7.14. The first-order valence-corrected chi connectivity index (χ1v) is 30.9. The molecular formula is C72H180N12O13. The fourth-order valence-electron chi connectivity index (χ4n) is 2.64. The van der Waals surface area contributed by atoms with Crippen LogP contribution in [0.3, 0.4) is 0 Å². The van der Waals surface area contributed by atoms with Gasteiger partial charge in [0.25, 0.3) is 0 Å². The van der Waals surface area contributed by atoms with E-state index in [9.17, 15) is 4.79 Å². The van der Waals surface area contributed by atoms with Crippen LogP contribution in [-0.4, -0.2) is 152 Å². The number of carbonyl (C=O) groups excluding carboxylic acids is 12. The number of rotatable bonds is 7. The van der Waals surface area contributed by atoms with E-state index >= 15 is 0 Å². The molecule has 28 N–H and O–H groups in total. The van der Waals surface area contributed by atoms with Gasteiger partial charge in [0.2, 0.25) is 5.91 Å². The van der Waals surface area contributed by atoms with Crippen LogP contribution in [0.4, 0.5) is 0 Å². The monoisotopic (exact) mass is 1420 g/mol. The third-order valence-electron chi connectivity index (χ3n) is 8.39. The molecule has 97 heavy (non-hydrogen) atoms. The maximum absolute atomic E-state index is 10.7. The molecule has 1 aliphatic rings. The van der Waals surface area contributed by atoms with Crippen molar-refractivity contribution in [2.45, 2.75) is 236 Å². The zero-order valence-corrected chi connectivity index (χ0v) is 69.8. The molecule has 1 saturated heterocycles. The van der Waals surface area contributed by atoms with Crippen LogP contribution in [0.2, 0.25) is 0 Å². The Morgan fingerprint density at radius 3 is 0.505 bits per heavy atom. The van der Waals surface area contributed by atoms with Gasteiger partial charge in [-0.15, -0.1) is 0 Å². The molecule has 0 spiro atoms. The van der Waals surface area contributed by atoms with E-state index in [0.29, 0.717) is 0 Å². The largest absolute Gasteiger partial charge is 0.394 e. The zero-order chi connectivity index (χ0) is 81.3. The minimum atomic E-state index is -0.167. The van der Waals surface area contributed by atoms with Gasteiger partial charge >= 0.3 is 0 Å². The predicted octanol–water partition coefficient (Wildman–Crippen LogP) is 14.4. The Morgan fingerprint density at radius 1 is 0.330 bits per heavy atom. The summed E-state index contributed by atoms with van der Waals surface area (Å²) in [6.45, 7) is 74.6. The molecule has 2 aromatic rings. The molecule has 0 radical (unpaired) electrons. The van der Waals surface area contributed by atoms with Crippen LogP contribution < -0.4 is 65.2 Å². The first-order valence-electron chi connectivity index (χ1n) is 30.9. The SMILES string of the molecule is C=O.C=O.C=O.C=O.C=O.C=O.C=O.C=O.C=O.C=O.C=O.CC.CC.CC(=O)N1CCCCC1.CC(C)O.CCC(C)C.CCC(C)C.CCC(C)C.CCC(C)C.CCC(C)C.CCc1ccccc1.CCc1ccccc1.CN.CN.CN.CN.CN.CN.N.N.N.N.N. The maximum atomic E-state index is 10.7. The number of piperidine rings is 1. The summed E-state index contributed by atoms with van der Waals surface area (Å²) in [6.07, 6.45) is 12.3. The highest BCUT2D eigenvalue weighted by Crippen LogP contribution is 2.07. The van der Waals surface area contributed by atoms with Gasteiger partial charge in [0.05, 0.1) is 0 Å². The summed E-state index contributed by atoms with van der Waals surface area (Å²) in [5.41, 5.74) is 29.8. The molecule has 1 fully saturated rings. The van der Waals surface area contributed by atoms with Crippen molar-refractivity contribution in [2.24, 2.45) is 64.0 Å². The molecule has 1 amide bonds. The zero-order valence-electron chi connectivity index (χ0n) is 69.8. The topological polar surface area (TPSA) is 559 Å². The number of aryl methyl sites for hydroxylation is 2. The van der Waals surface area contributed by atoms with Crippen molar-refractivity contribution in [1.82, 2.24) is 35.7 Å². The second-order valence-electron chi connectivity index (χ2n) is 16.3. The highest BCUT2D eigenvalue weighted by atomic mass is 16.3. The summed E-state index contributed by atoms with van der Waals surface area (Å²) in [7, 11) is 9.00. The van der Waals surface area contributed by atoms with Crippen molar-refractivity contribution >= 4 is 80.6 Å². The van der Waals surface area contributed by atoms with E-state index in [1.165, 1.54) is 105 Å². The fraction of sp³-hybridized carbons (Fsp3) is 0.667. The van der Waals surface area contributed by atoms with E-state index in [1.54, 1.807) is 20.8 Å². The van der Waals surface area contributed by atoms with Crippen molar-refractivity contribution in [3.63, 3.8) is 0 Å². The summed E-state index contributed by atoms with van der Waals surface area (Å²) in [4.78, 5) is 101. The lowest BCUT2D eigenvalue weighted by atomic mass is 10.1. The second-order valence-corrected chi connectivity index (χ2v) is 16.3. The van der Waals surface area contributed by atoms with E-state index in [-0.39, 0.29) is 42.8 Å². The predicted molar refractivity (Wildman–Crippen MR) is 438 cm³/mol. The molecule has 1 heterocycles. The molecule has 0 aliphatic carbocycles. The molecule has 3 rings (SSSR count). The molecular weight excluding hydrogens is 1240 g/mol. The van der Waals surface area contributed by atoms with E-state index in [4.69, 9.17) is 57.8 Å². The smallest absolute Gasteiger partial charge is 0.219 e. The molecule has 1 aliphatic heterocycles. The number of benzene rings is 2. The van der Waals surface area contributed by atoms with Crippen molar-refractivity contribution in [3.8, 4) is 0 Å². The van der Waals surface area contributed by atoms with Gasteiger partial charge in [-0.25, -0.2) is 0 Å². The van der Waals surface area contributed by atoms with E-state index in [1.807, 2.05) is 119 Å². The van der Waals surface area contributed by atoms with E-state index in [2.05, 4.69) is 201 Å². The van der Waals surface area contributed by atoms with Crippen LogP contribution in [0.25, 0.3) is 0 Å². The number of aliphatic hydroxyl groups is 1. The number of nitrogens with two attached hydrogens (primary N) is 6. The number of amides is 1. The number of carbonyl (C=O) groups is 12. The minimum absolute atomic E-state index is 0. The highest BCUT2D eigenvalue weighted by molar-refractivity contribution is 5.73. The van der Waals surface area contributed by atoms with Gasteiger partial charge in [0.15, 0.2) is 0 Å². The van der Waals surface area contributed by atoms with Crippen LogP contribution in [0.5, 0.6) is 0 Å². The summed E-state index contributed by atoms with van der Waals surface area (Å²) in [5.74, 6) is 4.65. The van der Waals surface area contributed by atoms with Gasteiger partial charge in [0, 0.05) is 26.1 Å². The Bertz CT molecular complexity index is 1030. The Labute approximate surface area is 604 Å². The van der Waals surface area contributed by atoms with Crippen LogP contribution >= 0.6 is 0 Å². The fourth-order valence-corrected chi connectivity index (χ4v) is 2.64. The van der Waals surface area contributed by atoms with Gasteiger partial charge in [-0.1, -0.05) is 238 Å². The molecule has 0 bridgehead atoms. The molecule has 0 unspecified atom stereocenters. The lowest BCUT2D eigenvalue weighted by molar-refractivity contribution is -0.129. The van der Waals surface area contributed by atoms with Gasteiger partial charge in [-0.05, 0) is 129 Å². The molecule has 0 saturated carbocycles. The number of aliphatic hydroxyl groups excluding tert-OH is 1. The van der Waals surface area contributed by atoms with E-state index < -0.39 is 0 Å². The second kappa shape index (κ2) is 338. The lowest BCUT2D eigenvalue weighted by Gasteiger charge is -2.24. The van der Waals surface area contributed by atoms with Crippen LogP contribution in [0.1, 0.15) is 229 Å². The van der Waals surface area contributed by atoms with Crippen LogP contribution in [-0.2, 0) is 70.4 Å². The van der Waals surface area contributed by atoms with Crippen LogP contribution in [0.15, 0.2) is 60.7 Å². The summed E-state index contributed by atoms with van der Waals surface area (Å²) >= 11 is 0. The van der Waals surface area contributed by atoms with Gasteiger partial charge in [-0.2, -0.15) is 0 Å². The Balaban J connectivity index is -0.0000000175. The molecule has 606 valence electrons. The number of likely N-dealkylation sites (tertiary alicyclic amines) is 1. The standard InChI is InChI=1S/2C8H10.C7H13NO.5C5H12.C3H8O.2C2H6.6CH5N.11CH2O.5H3N/c2*1-2-8-6-4-3-5-7-8;1-7(9)8-5-3-2-4-6-8;5*1-4-5(2)3;1-3(2)4;19*1-2;;;;;/h2*3-7H,2H2,1H3;2-6H2,1H3;5*5H,4H2,1-3H3;3-4H,1-2H3;2*1-2H3;6*2H2,1H3;11*1H2;5*1H3. The highest BCUT2D eigenvalue weighted by Gasteiger charge is 2.11. The average molecular weight is 1420 g/mol. The summed E-state index contributed by atoms with van der Waals surface area (Å²) < 4.78 is 0. The Morgan fingerprint density at radius 2 is 0.443 bits per heavy atom. The molecule has 25 nitrogen and oxygen atoms in total. The molecule has 0 aromatic heterocycles. The van der Waals surface area contributed by atoms with Gasteiger partial charge in [-0.3, -0.25) is 4.79 Å². The number of hydrogen-bond acceptors (Lipinski definition) is 24. The number of nitrogens with zero attached hydrogens (tertiary/aromatic N) is 1. The van der Waals surface area contributed by atoms with Crippen molar-refractivity contribution in [2.75, 3.05) is 55.4 Å². The van der Waals surface area contributed by atoms with Crippen molar-refractivity contribution in [1.29, 1.82) is 0 Å². The third-order valence-corrected chi connectivity index (χ3v) is 8.39. The third kappa shape index (κ3) is 540. The van der Waals surface area contributed by atoms with Crippen molar-refractivity contribution in [3.05, 3.63) is 71.8 Å². The Hall–Kier alpha value is -6.20. The summed E-state index contributed by atoms with van der Waals surface area (Å²) in [6, 6.07) is 20.9. The van der Waals surface area contributed by atoms with Crippen LogP contribution in [0, 0.1) is 29.6 Å².